The first kappa shape index (κ1) is 11.5. The van der Waals surface area contributed by atoms with E-state index in [0.717, 1.165) is 11.3 Å². The minimum Gasteiger partial charge on any atom is -0.478 e. The van der Waals surface area contributed by atoms with E-state index in [1.807, 2.05) is 13.0 Å². The molecule has 1 aliphatic rings. The Bertz CT molecular complexity index is 422. The molecule has 0 unspecified atom stereocenters. The van der Waals surface area contributed by atoms with E-state index < -0.39 is 5.97 Å². The van der Waals surface area contributed by atoms with Crippen molar-refractivity contribution in [1.29, 1.82) is 0 Å². The minimum absolute atomic E-state index is 0.445. The highest BCUT2D eigenvalue weighted by molar-refractivity contribution is 7.99. The van der Waals surface area contributed by atoms with Gasteiger partial charge in [-0.3, -0.25) is 0 Å². The number of thioether (sulfide) groups is 1. The smallest absolute Gasteiger partial charge is 0.335 e. The molecule has 0 atom stereocenters. The summed E-state index contributed by atoms with van der Waals surface area (Å²) in [5.74, 6) is 0.845. The zero-order valence-corrected chi connectivity index (χ0v) is 10.4. The van der Waals surface area contributed by atoms with Gasteiger partial charge in [-0.15, -0.1) is 11.8 Å². The lowest BCUT2D eigenvalue weighted by molar-refractivity contribution is 0.0696. The van der Waals surface area contributed by atoms with Crippen LogP contribution in [-0.2, 0) is 0 Å². The van der Waals surface area contributed by atoms with Crippen molar-refractivity contribution in [3.05, 3.63) is 28.8 Å². The largest absolute Gasteiger partial charge is 0.478 e. The van der Waals surface area contributed by atoms with Gasteiger partial charge in [-0.2, -0.15) is 0 Å². The van der Waals surface area contributed by atoms with Gasteiger partial charge in [0.25, 0.3) is 0 Å². The van der Waals surface area contributed by atoms with Gasteiger partial charge in [0.2, 0.25) is 0 Å². The number of rotatable bonds is 4. The molecule has 1 aliphatic carbocycles. The van der Waals surface area contributed by atoms with Crippen LogP contribution < -0.4 is 0 Å². The summed E-state index contributed by atoms with van der Waals surface area (Å²) in [6.07, 6.45) is 2.51. The van der Waals surface area contributed by atoms with E-state index in [4.69, 9.17) is 5.11 Å². The monoisotopic (exact) mass is 236 g/mol. The van der Waals surface area contributed by atoms with Crippen LogP contribution in [0.3, 0.4) is 0 Å². The lowest BCUT2D eigenvalue weighted by atomic mass is 10.0. The summed E-state index contributed by atoms with van der Waals surface area (Å²) >= 11 is 1.77. The Morgan fingerprint density at radius 3 is 2.69 bits per heavy atom. The number of hydrogen-bond acceptors (Lipinski definition) is 2. The lowest BCUT2D eigenvalue weighted by Gasteiger charge is -2.13. The van der Waals surface area contributed by atoms with Gasteiger partial charge in [-0.1, -0.05) is 13.0 Å². The molecule has 0 saturated heterocycles. The van der Waals surface area contributed by atoms with Gasteiger partial charge >= 0.3 is 5.97 Å². The molecule has 0 radical (unpaired) electrons. The highest BCUT2D eigenvalue weighted by Crippen LogP contribution is 2.45. The maximum atomic E-state index is 11.1. The van der Waals surface area contributed by atoms with Crippen LogP contribution in [0.2, 0.25) is 0 Å². The highest BCUT2D eigenvalue weighted by atomic mass is 32.2. The van der Waals surface area contributed by atoms with Crippen molar-refractivity contribution in [3.63, 3.8) is 0 Å². The second-order valence-electron chi connectivity index (χ2n) is 4.17. The van der Waals surface area contributed by atoms with E-state index in [2.05, 4.69) is 6.92 Å². The summed E-state index contributed by atoms with van der Waals surface area (Å²) in [6.45, 7) is 4.03. The second-order valence-corrected chi connectivity index (χ2v) is 5.44. The fourth-order valence-electron chi connectivity index (χ4n) is 2.00. The number of carboxylic acids is 1. The molecule has 2 nitrogen and oxygen atoms in total. The minimum atomic E-state index is -0.821. The molecule has 2 rings (SSSR count). The molecule has 0 amide bonds. The van der Waals surface area contributed by atoms with Crippen molar-refractivity contribution in [3.8, 4) is 0 Å². The second kappa shape index (κ2) is 4.50. The maximum absolute atomic E-state index is 11.1. The number of aromatic carboxylic acids is 1. The predicted octanol–water partition coefficient (Wildman–Crippen LogP) is 3.68. The summed E-state index contributed by atoms with van der Waals surface area (Å²) in [5, 5.41) is 9.09. The van der Waals surface area contributed by atoms with Crippen molar-refractivity contribution < 1.29 is 9.90 Å². The summed E-state index contributed by atoms with van der Waals surface area (Å²) < 4.78 is 0. The molecular formula is C13H16O2S. The van der Waals surface area contributed by atoms with Crippen molar-refractivity contribution >= 4 is 17.7 Å². The van der Waals surface area contributed by atoms with Crippen molar-refractivity contribution in [2.45, 2.75) is 37.5 Å². The highest BCUT2D eigenvalue weighted by Gasteiger charge is 2.27. The van der Waals surface area contributed by atoms with Gasteiger partial charge in [-0.05, 0) is 48.6 Å². The van der Waals surface area contributed by atoms with Crippen molar-refractivity contribution in [2.75, 3.05) is 5.75 Å². The number of carboxylic acid groups (broad SMARTS) is 1. The Hall–Kier alpha value is -0.960. The first-order valence-electron chi connectivity index (χ1n) is 5.64. The Morgan fingerprint density at radius 1 is 1.50 bits per heavy atom. The Labute approximate surface area is 100 Å². The molecule has 1 aromatic rings. The number of carbonyl (C=O) groups is 1. The molecule has 0 aliphatic heterocycles. The van der Waals surface area contributed by atoms with E-state index in [0.29, 0.717) is 11.5 Å². The third kappa shape index (κ3) is 2.09. The summed E-state index contributed by atoms with van der Waals surface area (Å²) in [6, 6.07) is 3.76. The molecule has 0 bridgehead atoms. The normalized spacial score (nSPS) is 15.1. The molecule has 1 saturated carbocycles. The SMILES string of the molecule is CCSc1c(C2CC2)ccc(C(=O)O)c1C. The van der Waals surface area contributed by atoms with Gasteiger partial charge in [0.1, 0.15) is 0 Å². The van der Waals surface area contributed by atoms with Crippen LogP contribution >= 0.6 is 11.8 Å². The molecule has 86 valence electrons. The number of hydrogen-bond donors (Lipinski definition) is 1. The van der Waals surface area contributed by atoms with Crippen LogP contribution in [-0.4, -0.2) is 16.8 Å². The van der Waals surface area contributed by atoms with Crippen molar-refractivity contribution in [2.24, 2.45) is 0 Å². The van der Waals surface area contributed by atoms with Crippen LogP contribution in [0.1, 0.15) is 47.2 Å². The van der Waals surface area contributed by atoms with Crippen LogP contribution in [0.5, 0.6) is 0 Å². The molecule has 1 fully saturated rings. The first-order valence-corrected chi connectivity index (χ1v) is 6.63. The number of benzene rings is 1. The predicted molar refractivity (Wildman–Crippen MR) is 66.5 cm³/mol. The quantitative estimate of drug-likeness (QED) is 0.810. The van der Waals surface area contributed by atoms with Gasteiger partial charge in [0.05, 0.1) is 5.56 Å². The van der Waals surface area contributed by atoms with Crippen LogP contribution in [0, 0.1) is 6.92 Å². The van der Waals surface area contributed by atoms with E-state index in [1.54, 1.807) is 17.8 Å². The van der Waals surface area contributed by atoms with Crippen LogP contribution in [0.25, 0.3) is 0 Å². The van der Waals surface area contributed by atoms with Crippen molar-refractivity contribution in [1.82, 2.24) is 0 Å². The fraction of sp³-hybridized carbons (Fsp3) is 0.462. The third-order valence-corrected chi connectivity index (χ3v) is 4.09. The standard InChI is InChI=1S/C13H16O2S/c1-3-16-12-8(2)10(13(14)15)6-7-11(12)9-4-5-9/h6-7,9H,3-5H2,1-2H3,(H,14,15). The molecule has 0 aromatic heterocycles. The molecule has 0 heterocycles. The van der Waals surface area contributed by atoms with Gasteiger partial charge in [-0.25, -0.2) is 4.79 Å². The van der Waals surface area contributed by atoms with E-state index in [1.165, 1.54) is 23.3 Å². The van der Waals surface area contributed by atoms with Crippen LogP contribution in [0.4, 0.5) is 0 Å². The molecule has 3 heteroatoms. The zero-order chi connectivity index (χ0) is 11.7. The third-order valence-electron chi connectivity index (χ3n) is 2.97. The summed E-state index contributed by atoms with van der Waals surface area (Å²) in [7, 11) is 0. The van der Waals surface area contributed by atoms with Gasteiger partial charge < -0.3 is 5.11 Å². The molecule has 1 N–H and O–H groups in total. The van der Waals surface area contributed by atoms with E-state index >= 15 is 0 Å². The topological polar surface area (TPSA) is 37.3 Å². The van der Waals surface area contributed by atoms with E-state index in [-0.39, 0.29) is 0 Å². The Kier molecular flexibility index (Phi) is 3.24. The van der Waals surface area contributed by atoms with Gasteiger partial charge in [0.15, 0.2) is 0 Å². The van der Waals surface area contributed by atoms with E-state index in [9.17, 15) is 4.79 Å². The summed E-state index contributed by atoms with van der Waals surface area (Å²) in [4.78, 5) is 12.3. The lowest BCUT2D eigenvalue weighted by Crippen LogP contribution is -2.02. The fourth-order valence-corrected chi connectivity index (χ4v) is 3.01. The molecule has 16 heavy (non-hydrogen) atoms. The Morgan fingerprint density at radius 2 is 2.19 bits per heavy atom. The average Bonchev–Trinajstić information content (AvgIpc) is 3.04. The molecule has 0 spiro atoms. The maximum Gasteiger partial charge on any atom is 0.335 e. The first-order chi connectivity index (χ1) is 7.65. The van der Waals surface area contributed by atoms with Gasteiger partial charge in [0, 0.05) is 4.90 Å². The van der Waals surface area contributed by atoms with Crippen LogP contribution in [0.15, 0.2) is 17.0 Å². The Balaban J connectivity index is 2.48. The average molecular weight is 236 g/mol. The summed E-state index contributed by atoms with van der Waals surface area (Å²) in [5.41, 5.74) is 2.73. The zero-order valence-electron chi connectivity index (χ0n) is 9.62. The molecular weight excluding hydrogens is 220 g/mol. The molecule has 1 aromatic carbocycles.